The van der Waals surface area contributed by atoms with E-state index in [1.165, 1.54) is 20.4 Å². The zero-order chi connectivity index (χ0) is 22.0. The lowest BCUT2D eigenvalue weighted by atomic mass is 10.00. The Morgan fingerprint density at radius 3 is 2.23 bits per heavy atom. The summed E-state index contributed by atoms with van der Waals surface area (Å²) < 4.78 is 16.3. The first kappa shape index (κ1) is 21.6. The van der Waals surface area contributed by atoms with E-state index in [0.29, 0.717) is 49.3 Å². The Hall–Kier alpha value is -2.61. The van der Waals surface area contributed by atoms with Crippen LogP contribution in [0.5, 0.6) is 11.5 Å². The van der Waals surface area contributed by atoms with E-state index in [9.17, 15) is 4.79 Å². The van der Waals surface area contributed by atoms with Crippen LogP contribution in [0.1, 0.15) is 23.2 Å². The minimum Gasteiger partial charge on any atom is -0.495 e. The van der Waals surface area contributed by atoms with Crippen molar-refractivity contribution in [3.63, 3.8) is 0 Å². The quantitative estimate of drug-likeness (QED) is 0.486. The predicted octanol–water partition coefficient (Wildman–Crippen LogP) is 4.83. The third-order valence-electron chi connectivity index (χ3n) is 5.26. The van der Waals surface area contributed by atoms with Gasteiger partial charge in [-0.2, -0.15) is 0 Å². The normalized spacial score (nSPS) is 14.1. The molecule has 2 heterocycles. The summed E-state index contributed by atoms with van der Waals surface area (Å²) in [6.45, 7) is 2.12. The van der Waals surface area contributed by atoms with Gasteiger partial charge in [0.1, 0.15) is 23.7 Å². The van der Waals surface area contributed by atoms with Gasteiger partial charge in [0.05, 0.1) is 35.3 Å². The van der Waals surface area contributed by atoms with Crippen LogP contribution in [0.25, 0.3) is 22.2 Å². The van der Waals surface area contributed by atoms with Crippen molar-refractivity contribution in [2.45, 2.75) is 12.8 Å². The molecule has 0 amide bonds. The average molecular weight is 462 g/mol. The van der Waals surface area contributed by atoms with Gasteiger partial charge in [0, 0.05) is 42.7 Å². The number of methoxy groups -OCH3 is 2. The summed E-state index contributed by atoms with van der Waals surface area (Å²) in [6, 6.07) is 5.00. The molecule has 0 unspecified atom stereocenters. The number of hydrogen-bond acceptors (Lipinski definition) is 7. The van der Waals surface area contributed by atoms with Crippen LogP contribution >= 0.6 is 23.2 Å². The van der Waals surface area contributed by atoms with E-state index >= 15 is 0 Å². The summed E-state index contributed by atoms with van der Waals surface area (Å²) in [4.78, 5) is 23.7. The van der Waals surface area contributed by atoms with Gasteiger partial charge in [0.15, 0.2) is 0 Å². The smallest absolute Gasteiger partial charge is 0.341 e. The fourth-order valence-electron chi connectivity index (χ4n) is 3.68. The molecule has 0 bridgehead atoms. The molecular formula is C22H21Cl2N3O4. The van der Waals surface area contributed by atoms with Gasteiger partial charge in [-0.15, -0.1) is 0 Å². The van der Waals surface area contributed by atoms with Gasteiger partial charge in [-0.25, -0.2) is 4.79 Å². The van der Waals surface area contributed by atoms with Gasteiger partial charge in [0.25, 0.3) is 0 Å². The Kier molecular flexibility index (Phi) is 6.46. The Morgan fingerprint density at radius 2 is 1.61 bits per heavy atom. The van der Waals surface area contributed by atoms with E-state index in [4.69, 9.17) is 37.4 Å². The third kappa shape index (κ3) is 4.13. The zero-order valence-corrected chi connectivity index (χ0v) is 18.7. The number of nitrogens with zero attached hydrogens (tertiary/aromatic N) is 3. The van der Waals surface area contributed by atoms with Crippen molar-refractivity contribution in [2.75, 3.05) is 34.0 Å². The summed E-state index contributed by atoms with van der Waals surface area (Å²) in [5.74, 6) is 0.359. The number of esters is 1. The standard InChI is InChI=1S/C22H21Cl2N3O4/c1-29-15-11-16(30-2)19(24)17(18(15)23)13-5-6-14(21-20(13)25-7-8-26-21)22(28)31-12-27-9-3-4-10-27/h5-8,11H,3-4,9-10,12H2,1-2H3. The molecule has 7 nitrogen and oxygen atoms in total. The number of carbonyl (C=O) groups excluding carboxylic acids is 1. The molecule has 0 radical (unpaired) electrons. The second-order valence-electron chi connectivity index (χ2n) is 7.08. The number of rotatable bonds is 6. The van der Waals surface area contributed by atoms with Crippen LogP contribution in [0.3, 0.4) is 0 Å². The number of ether oxygens (including phenoxy) is 3. The molecule has 1 aliphatic heterocycles. The Balaban J connectivity index is 1.80. The van der Waals surface area contributed by atoms with Crippen molar-refractivity contribution < 1.29 is 19.0 Å². The van der Waals surface area contributed by atoms with Crippen LogP contribution in [0, 0.1) is 0 Å². The van der Waals surface area contributed by atoms with Crippen molar-refractivity contribution >= 4 is 40.2 Å². The lowest BCUT2D eigenvalue weighted by Crippen LogP contribution is -2.25. The number of fused-ring (bicyclic) bond motifs is 1. The van der Waals surface area contributed by atoms with Gasteiger partial charge in [0.2, 0.25) is 0 Å². The lowest BCUT2D eigenvalue weighted by Gasteiger charge is -2.17. The summed E-state index contributed by atoms with van der Waals surface area (Å²) >= 11 is 13.2. The number of carbonyl (C=O) groups is 1. The maximum Gasteiger partial charge on any atom is 0.341 e. The SMILES string of the molecule is COc1cc(OC)c(Cl)c(-c2ccc(C(=O)OCN3CCCC3)c3nccnc23)c1Cl. The number of benzene rings is 2. The van der Waals surface area contributed by atoms with Crippen molar-refractivity contribution in [1.29, 1.82) is 0 Å². The van der Waals surface area contributed by atoms with Crippen LogP contribution in [-0.2, 0) is 4.74 Å². The Morgan fingerprint density at radius 1 is 1.00 bits per heavy atom. The van der Waals surface area contributed by atoms with Crippen LogP contribution in [0.4, 0.5) is 0 Å². The first-order chi connectivity index (χ1) is 15.0. The maximum absolute atomic E-state index is 12.8. The average Bonchev–Trinajstić information content (AvgIpc) is 3.31. The van der Waals surface area contributed by atoms with Crippen LogP contribution in [-0.4, -0.2) is 54.9 Å². The molecule has 31 heavy (non-hydrogen) atoms. The highest BCUT2D eigenvalue weighted by Crippen LogP contribution is 2.47. The largest absolute Gasteiger partial charge is 0.495 e. The highest BCUT2D eigenvalue weighted by atomic mass is 35.5. The number of hydrogen-bond donors (Lipinski definition) is 0. The Bertz CT molecular complexity index is 1110. The minimum atomic E-state index is -0.454. The molecule has 1 aliphatic rings. The summed E-state index contributed by atoms with van der Waals surface area (Å²) in [5, 5.41) is 0.620. The van der Waals surface area contributed by atoms with Gasteiger partial charge in [-0.3, -0.25) is 14.9 Å². The highest BCUT2D eigenvalue weighted by Gasteiger charge is 2.24. The molecule has 162 valence electrons. The Labute approximate surface area is 189 Å². The number of halogens is 2. The molecule has 0 N–H and O–H groups in total. The molecule has 1 fully saturated rings. The first-order valence-electron chi connectivity index (χ1n) is 9.78. The lowest BCUT2D eigenvalue weighted by molar-refractivity contribution is 0.0271. The van der Waals surface area contributed by atoms with Gasteiger partial charge in [-0.1, -0.05) is 29.3 Å². The first-order valence-corrected chi connectivity index (χ1v) is 10.5. The topological polar surface area (TPSA) is 73.8 Å². The highest BCUT2D eigenvalue weighted by molar-refractivity contribution is 6.41. The monoisotopic (exact) mass is 461 g/mol. The molecule has 1 aromatic heterocycles. The van der Waals surface area contributed by atoms with Gasteiger partial charge >= 0.3 is 5.97 Å². The molecular weight excluding hydrogens is 441 g/mol. The molecule has 0 atom stereocenters. The second-order valence-corrected chi connectivity index (χ2v) is 7.84. The van der Waals surface area contributed by atoms with E-state index in [-0.39, 0.29) is 6.73 Å². The zero-order valence-electron chi connectivity index (χ0n) is 17.2. The predicted molar refractivity (Wildman–Crippen MR) is 119 cm³/mol. The minimum absolute atomic E-state index is 0.257. The van der Waals surface area contributed by atoms with E-state index in [0.717, 1.165) is 25.9 Å². The summed E-state index contributed by atoms with van der Waals surface area (Å²) in [7, 11) is 3.02. The van der Waals surface area contributed by atoms with E-state index in [1.54, 1.807) is 24.4 Å². The van der Waals surface area contributed by atoms with Crippen molar-refractivity contribution in [2.24, 2.45) is 0 Å². The molecule has 0 saturated carbocycles. The van der Waals surface area contributed by atoms with Crippen LogP contribution in [0.15, 0.2) is 30.6 Å². The molecule has 1 saturated heterocycles. The van der Waals surface area contributed by atoms with E-state index < -0.39 is 5.97 Å². The van der Waals surface area contributed by atoms with Gasteiger partial charge in [-0.05, 0) is 18.9 Å². The molecule has 0 spiro atoms. The molecule has 2 aromatic carbocycles. The molecule has 9 heteroatoms. The van der Waals surface area contributed by atoms with Crippen molar-refractivity contribution in [3.8, 4) is 22.6 Å². The van der Waals surface area contributed by atoms with Crippen molar-refractivity contribution in [3.05, 3.63) is 46.2 Å². The molecule has 0 aliphatic carbocycles. The van der Waals surface area contributed by atoms with Crippen molar-refractivity contribution in [1.82, 2.24) is 14.9 Å². The summed E-state index contributed by atoms with van der Waals surface area (Å²) in [5.41, 5.74) is 2.29. The molecule has 3 aromatic rings. The fourth-order valence-corrected chi connectivity index (χ4v) is 4.39. The number of aromatic nitrogens is 2. The molecule has 4 rings (SSSR count). The van der Waals surface area contributed by atoms with E-state index in [2.05, 4.69) is 14.9 Å². The van der Waals surface area contributed by atoms with Crippen LogP contribution < -0.4 is 9.47 Å². The maximum atomic E-state index is 12.8. The van der Waals surface area contributed by atoms with Crippen LogP contribution in [0.2, 0.25) is 10.0 Å². The second kappa shape index (κ2) is 9.26. The van der Waals surface area contributed by atoms with Gasteiger partial charge < -0.3 is 14.2 Å². The third-order valence-corrected chi connectivity index (χ3v) is 6.02. The fraction of sp³-hybridized carbons (Fsp3) is 0.318. The van der Waals surface area contributed by atoms with E-state index in [1.807, 2.05) is 0 Å². The summed E-state index contributed by atoms with van der Waals surface area (Å²) in [6.07, 6.45) is 5.31. The number of likely N-dealkylation sites (tertiary alicyclic amines) is 1.